The maximum absolute atomic E-state index is 4.79. The standard InChI is InChI=1S/C19H28N8/c1-27(2)19-7-17(11-20-5-3-15-9-22-13-24-15)26-18(8-19)12-21-6-4-16-10-23-14-25-16/h7-10,13-14,20-21H,3-6,11-12H2,1-2H3,(H,22,24)(H,23,25). The number of aromatic nitrogens is 5. The van der Waals surface area contributed by atoms with Gasteiger partial charge < -0.3 is 25.5 Å². The van der Waals surface area contributed by atoms with Gasteiger partial charge in [0.15, 0.2) is 0 Å². The van der Waals surface area contributed by atoms with E-state index >= 15 is 0 Å². The minimum absolute atomic E-state index is 0.747. The maximum Gasteiger partial charge on any atom is 0.0921 e. The highest BCUT2D eigenvalue weighted by Gasteiger charge is 2.05. The SMILES string of the molecule is CN(C)c1cc(CNCCc2cnc[nH]2)nc(CNCCc2cnc[nH]2)c1. The molecule has 0 aliphatic heterocycles. The van der Waals surface area contributed by atoms with Crippen LogP contribution in [0.5, 0.6) is 0 Å². The average Bonchev–Trinajstić information content (AvgIpc) is 3.36. The molecule has 27 heavy (non-hydrogen) atoms. The molecule has 3 heterocycles. The largest absolute Gasteiger partial charge is 0.378 e. The molecule has 0 aliphatic rings. The topological polar surface area (TPSA) is 97.6 Å². The number of hydrogen-bond donors (Lipinski definition) is 4. The third kappa shape index (κ3) is 6.19. The first-order chi connectivity index (χ1) is 13.2. The van der Waals surface area contributed by atoms with Crippen molar-refractivity contribution >= 4 is 5.69 Å². The lowest BCUT2D eigenvalue weighted by atomic mass is 10.2. The molecule has 8 heteroatoms. The molecule has 0 saturated heterocycles. The van der Waals surface area contributed by atoms with Gasteiger partial charge in [-0.05, 0) is 12.1 Å². The molecule has 144 valence electrons. The summed E-state index contributed by atoms with van der Waals surface area (Å²) in [7, 11) is 4.11. The molecule has 0 bridgehead atoms. The molecule has 0 unspecified atom stereocenters. The molecule has 0 atom stereocenters. The van der Waals surface area contributed by atoms with Crippen LogP contribution in [-0.4, -0.2) is 52.1 Å². The van der Waals surface area contributed by atoms with Gasteiger partial charge >= 0.3 is 0 Å². The second-order valence-electron chi connectivity index (χ2n) is 6.71. The molecular weight excluding hydrogens is 340 g/mol. The number of nitrogens with one attached hydrogen (secondary N) is 4. The summed E-state index contributed by atoms with van der Waals surface area (Å²) in [6.07, 6.45) is 9.00. The molecule has 3 rings (SSSR count). The molecule has 4 N–H and O–H groups in total. The first kappa shape index (κ1) is 19.1. The van der Waals surface area contributed by atoms with Crippen LogP contribution in [0.2, 0.25) is 0 Å². The van der Waals surface area contributed by atoms with Crippen molar-refractivity contribution in [2.24, 2.45) is 0 Å². The monoisotopic (exact) mass is 368 g/mol. The van der Waals surface area contributed by atoms with Gasteiger partial charge in [-0.1, -0.05) is 0 Å². The van der Waals surface area contributed by atoms with Crippen molar-refractivity contribution in [1.29, 1.82) is 0 Å². The Morgan fingerprint density at radius 1 is 0.852 bits per heavy atom. The van der Waals surface area contributed by atoms with Gasteiger partial charge in [-0.3, -0.25) is 4.98 Å². The summed E-state index contributed by atoms with van der Waals surface area (Å²) in [5.74, 6) is 0. The molecule has 3 aromatic rings. The number of H-pyrrole nitrogens is 2. The molecule has 0 radical (unpaired) electrons. The van der Waals surface area contributed by atoms with E-state index in [2.05, 4.69) is 61.7 Å². The number of anilines is 1. The Balaban J connectivity index is 1.50. The van der Waals surface area contributed by atoms with Gasteiger partial charge in [0.1, 0.15) is 0 Å². The van der Waals surface area contributed by atoms with E-state index in [0.717, 1.165) is 61.8 Å². The van der Waals surface area contributed by atoms with E-state index in [0.29, 0.717) is 0 Å². The minimum Gasteiger partial charge on any atom is -0.378 e. The number of imidazole rings is 2. The van der Waals surface area contributed by atoms with Crippen LogP contribution in [0, 0.1) is 0 Å². The maximum atomic E-state index is 4.79. The summed E-state index contributed by atoms with van der Waals surface area (Å²) in [5.41, 5.74) is 5.55. The first-order valence-corrected chi connectivity index (χ1v) is 9.24. The predicted molar refractivity (Wildman–Crippen MR) is 107 cm³/mol. The van der Waals surface area contributed by atoms with E-state index in [1.54, 1.807) is 12.7 Å². The van der Waals surface area contributed by atoms with Crippen molar-refractivity contribution < 1.29 is 0 Å². The van der Waals surface area contributed by atoms with Gasteiger partial charge in [-0.2, -0.15) is 0 Å². The number of pyridine rings is 1. The summed E-state index contributed by atoms with van der Waals surface area (Å²) in [6, 6.07) is 4.27. The van der Waals surface area contributed by atoms with E-state index in [9.17, 15) is 0 Å². The minimum atomic E-state index is 0.747. The van der Waals surface area contributed by atoms with Gasteiger partial charge in [0.05, 0.1) is 24.0 Å². The normalized spacial score (nSPS) is 11.0. The van der Waals surface area contributed by atoms with E-state index in [1.165, 1.54) is 5.69 Å². The Bertz CT molecular complexity index is 720. The number of nitrogens with zero attached hydrogens (tertiary/aromatic N) is 4. The number of rotatable bonds is 11. The van der Waals surface area contributed by atoms with Crippen LogP contribution in [0.25, 0.3) is 0 Å². The lowest BCUT2D eigenvalue weighted by Gasteiger charge is -2.16. The van der Waals surface area contributed by atoms with Crippen molar-refractivity contribution in [2.45, 2.75) is 25.9 Å². The lowest BCUT2D eigenvalue weighted by molar-refractivity contribution is 0.648. The first-order valence-electron chi connectivity index (χ1n) is 9.24. The Labute approximate surface area is 159 Å². The Kier molecular flexibility index (Phi) is 6.95. The van der Waals surface area contributed by atoms with Gasteiger partial charge in [-0.15, -0.1) is 0 Å². The molecular formula is C19H28N8. The van der Waals surface area contributed by atoms with Crippen molar-refractivity contribution in [3.8, 4) is 0 Å². The molecule has 0 fully saturated rings. The molecule has 0 saturated carbocycles. The fourth-order valence-corrected chi connectivity index (χ4v) is 2.79. The van der Waals surface area contributed by atoms with Crippen LogP contribution in [0.15, 0.2) is 37.2 Å². The summed E-state index contributed by atoms with van der Waals surface area (Å²) in [6.45, 7) is 3.26. The van der Waals surface area contributed by atoms with Crippen molar-refractivity contribution in [2.75, 3.05) is 32.1 Å². The van der Waals surface area contributed by atoms with Crippen LogP contribution < -0.4 is 15.5 Å². The third-order valence-electron chi connectivity index (χ3n) is 4.30. The highest BCUT2D eigenvalue weighted by molar-refractivity contribution is 5.47. The van der Waals surface area contributed by atoms with E-state index in [1.807, 2.05) is 12.4 Å². The second kappa shape index (κ2) is 9.84. The van der Waals surface area contributed by atoms with Gasteiger partial charge in [0, 0.05) is 82.6 Å². The van der Waals surface area contributed by atoms with Crippen LogP contribution in [0.1, 0.15) is 22.8 Å². The van der Waals surface area contributed by atoms with E-state index in [-0.39, 0.29) is 0 Å². The van der Waals surface area contributed by atoms with Gasteiger partial charge in [-0.25, -0.2) is 9.97 Å². The highest BCUT2D eigenvalue weighted by atomic mass is 15.1. The Hall–Kier alpha value is -2.71. The summed E-state index contributed by atoms with van der Waals surface area (Å²) in [5, 5.41) is 6.92. The van der Waals surface area contributed by atoms with Crippen LogP contribution in [0.3, 0.4) is 0 Å². The highest BCUT2D eigenvalue weighted by Crippen LogP contribution is 2.14. The van der Waals surface area contributed by atoms with Crippen molar-refractivity contribution in [3.05, 3.63) is 60.0 Å². The van der Waals surface area contributed by atoms with Crippen LogP contribution in [-0.2, 0) is 25.9 Å². The molecule has 0 aliphatic carbocycles. The zero-order valence-electron chi connectivity index (χ0n) is 16.0. The van der Waals surface area contributed by atoms with Crippen molar-refractivity contribution in [1.82, 2.24) is 35.6 Å². The molecule has 0 spiro atoms. The van der Waals surface area contributed by atoms with E-state index < -0.39 is 0 Å². The summed E-state index contributed by atoms with van der Waals surface area (Å²) < 4.78 is 0. The molecule has 0 amide bonds. The van der Waals surface area contributed by atoms with Gasteiger partial charge in [0.2, 0.25) is 0 Å². The number of aromatic amines is 2. The molecule has 8 nitrogen and oxygen atoms in total. The smallest absolute Gasteiger partial charge is 0.0921 e. The van der Waals surface area contributed by atoms with Crippen LogP contribution in [0.4, 0.5) is 5.69 Å². The zero-order chi connectivity index (χ0) is 18.9. The number of hydrogen-bond acceptors (Lipinski definition) is 6. The lowest BCUT2D eigenvalue weighted by Crippen LogP contribution is -2.21. The van der Waals surface area contributed by atoms with Gasteiger partial charge in [0.25, 0.3) is 0 Å². The van der Waals surface area contributed by atoms with Crippen molar-refractivity contribution in [3.63, 3.8) is 0 Å². The third-order valence-corrected chi connectivity index (χ3v) is 4.30. The Morgan fingerprint density at radius 2 is 1.37 bits per heavy atom. The average molecular weight is 368 g/mol. The Morgan fingerprint density at radius 3 is 1.78 bits per heavy atom. The molecule has 0 aromatic carbocycles. The molecule has 3 aromatic heterocycles. The fourth-order valence-electron chi connectivity index (χ4n) is 2.79. The summed E-state index contributed by atoms with van der Waals surface area (Å²) in [4.78, 5) is 21.2. The van der Waals surface area contributed by atoms with Crippen LogP contribution >= 0.6 is 0 Å². The summed E-state index contributed by atoms with van der Waals surface area (Å²) >= 11 is 0. The van der Waals surface area contributed by atoms with E-state index in [4.69, 9.17) is 4.98 Å². The fraction of sp³-hybridized carbons (Fsp3) is 0.421. The predicted octanol–water partition coefficient (Wildman–Crippen LogP) is 1.26. The zero-order valence-corrected chi connectivity index (χ0v) is 16.0. The quantitative estimate of drug-likeness (QED) is 0.381. The second-order valence-corrected chi connectivity index (χ2v) is 6.71.